The van der Waals surface area contributed by atoms with Gasteiger partial charge in [0.05, 0.1) is 39.3 Å². The second-order valence-electron chi connectivity index (χ2n) is 12.7. The van der Waals surface area contributed by atoms with Gasteiger partial charge in [0.1, 0.15) is 15.8 Å². The number of fused-ring (bicyclic) bond motifs is 9. The van der Waals surface area contributed by atoms with Crippen molar-refractivity contribution >= 4 is 76.8 Å². The minimum Gasteiger partial charge on any atom is -0.309 e. The molecule has 6 heteroatoms. The summed E-state index contributed by atoms with van der Waals surface area (Å²) in [5.74, 6) is 0.906. The molecule has 234 valence electrons. The number of thiazole rings is 1. The van der Waals surface area contributed by atoms with Gasteiger partial charge in [-0.25, -0.2) is 9.97 Å². The Bertz CT molecular complexity index is 3050. The van der Waals surface area contributed by atoms with E-state index in [4.69, 9.17) is 9.97 Å². The third-order valence-corrected chi connectivity index (χ3v) is 11.0. The standard InChI is InChI=1S/C44H27N5S/c1-5-15-36-32(13-1)34-22-20-28(44-46-27-43(50-44)49-38-17-7-3-11-30(38)31-12-4-8-18-39(31)49)25-40(34)47(36)29-21-23-35-33-14-2-6-16-37(33)48(41(35)26-29)42-19-9-10-24-45-42/h1-27H. The summed E-state index contributed by atoms with van der Waals surface area (Å²) < 4.78 is 7.02. The van der Waals surface area contributed by atoms with Gasteiger partial charge in [-0.15, -0.1) is 0 Å². The molecule has 11 aromatic rings. The van der Waals surface area contributed by atoms with Gasteiger partial charge in [0.25, 0.3) is 0 Å². The van der Waals surface area contributed by atoms with Crippen molar-refractivity contribution in [2.24, 2.45) is 0 Å². The molecule has 5 nitrogen and oxygen atoms in total. The third-order valence-electron chi connectivity index (χ3n) is 10.0. The maximum Gasteiger partial charge on any atom is 0.137 e. The van der Waals surface area contributed by atoms with Crippen LogP contribution in [0.1, 0.15) is 0 Å². The van der Waals surface area contributed by atoms with Gasteiger partial charge < -0.3 is 4.57 Å². The van der Waals surface area contributed by atoms with Crippen molar-refractivity contribution in [3.05, 3.63) is 164 Å². The fourth-order valence-electron chi connectivity index (χ4n) is 7.88. The van der Waals surface area contributed by atoms with Crippen molar-refractivity contribution in [3.8, 4) is 27.1 Å². The number of para-hydroxylation sites is 4. The molecule has 5 heterocycles. The number of hydrogen-bond donors (Lipinski definition) is 0. The molecule has 50 heavy (non-hydrogen) atoms. The Morgan fingerprint density at radius 3 is 1.54 bits per heavy atom. The molecule has 5 aromatic heterocycles. The second kappa shape index (κ2) is 10.5. The van der Waals surface area contributed by atoms with Gasteiger partial charge in [-0.2, -0.15) is 0 Å². The summed E-state index contributed by atoms with van der Waals surface area (Å²) >= 11 is 1.73. The second-order valence-corrected chi connectivity index (χ2v) is 13.7. The van der Waals surface area contributed by atoms with Gasteiger partial charge in [0.2, 0.25) is 0 Å². The molecule has 0 aliphatic heterocycles. The van der Waals surface area contributed by atoms with Crippen molar-refractivity contribution in [2.75, 3.05) is 0 Å². The first-order valence-corrected chi connectivity index (χ1v) is 17.6. The zero-order valence-corrected chi connectivity index (χ0v) is 27.5. The average Bonchev–Trinajstić information content (AvgIpc) is 3.94. The van der Waals surface area contributed by atoms with Gasteiger partial charge in [0.15, 0.2) is 0 Å². The number of nitrogens with zero attached hydrogens (tertiary/aromatic N) is 5. The van der Waals surface area contributed by atoms with Crippen LogP contribution in [0.25, 0.3) is 92.5 Å². The van der Waals surface area contributed by atoms with Crippen LogP contribution in [-0.4, -0.2) is 23.7 Å². The first-order chi connectivity index (χ1) is 24.8. The zero-order valence-electron chi connectivity index (χ0n) is 26.7. The maximum atomic E-state index is 5.01. The number of benzene rings is 6. The molecule has 0 saturated heterocycles. The van der Waals surface area contributed by atoms with Crippen LogP contribution in [-0.2, 0) is 0 Å². The number of aromatic nitrogens is 5. The predicted octanol–water partition coefficient (Wildman–Crippen LogP) is 11.5. The summed E-state index contributed by atoms with van der Waals surface area (Å²) in [6.07, 6.45) is 3.88. The fraction of sp³-hybridized carbons (Fsp3) is 0. The van der Waals surface area contributed by atoms with E-state index in [0.29, 0.717) is 0 Å². The third kappa shape index (κ3) is 3.88. The summed E-state index contributed by atoms with van der Waals surface area (Å²) in [4.78, 5) is 9.77. The van der Waals surface area contributed by atoms with Gasteiger partial charge in [0, 0.05) is 49.8 Å². The Kier molecular flexibility index (Phi) is 5.76. The Balaban J connectivity index is 1.12. The predicted molar refractivity (Wildman–Crippen MR) is 208 cm³/mol. The Morgan fingerprint density at radius 1 is 0.400 bits per heavy atom. The Morgan fingerprint density at radius 2 is 0.920 bits per heavy atom. The van der Waals surface area contributed by atoms with Gasteiger partial charge in [-0.05, 0) is 54.6 Å². The molecule has 0 unspecified atom stereocenters. The minimum absolute atomic E-state index is 0.906. The zero-order chi connectivity index (χ0) is 32.8. The van der Waals surface area contributed by atoms with E-state index in [0.717, 1.165) is 43.6 Å². The van der Waals surface area contributed by atoms with Crippen LogP contribution in [0.2, 0.25) is 0 Å². The Labute approximate surface area is 290 Å². The van der Waals surface area contributed by atoms with Gasteiger partial charge in [-0.3, -0.25) is 9.13 Å². The first kappa shape index (κ1) is 27.5. The monoisotopic (exact) mass is 657 g/mol. The molecule has 0 amide bonds. The number of pyridine rings is 1. The lowest BCUT2D eigenvalue weighted by molar-refractivity contribution is 1.08. The van der Waals surface area contributed by atoms with Crippen LogP contribution in [0.3, 0.4) is 0 Å². The molecule has 0 radical (unpaired) electrons. The Hall–Kier alpha value is -6.50. The number of hydrogen-bond acceptors (Lipinski definition) is 3. The van der Waals surface area contributed by atoms with Crippen LogP contribution in [0.5, 0.6) is 0 Å². The van der Waals surface area contributed by atoms with Crippen molar-refractivity contribution in [2.45, 2.75) is 0 Å². The van der Waals surface area contributed by atoms with Gasteiger partial charge in [-0.1, -0.05) is 108 Å². The highest BCUT2D eigenvalue weighted by atomic mass is 32.1. The maximum absolute atomic E-state index is 5.01. The van der Waals surface area contributed by atoms with Crippen LogP contribution in [0.15, 0.2) is 164 Å². The molecule has 11 rings (SSSR count). The van der Waals surface area contributed by atoms with Crippen LogP contribution >= 0.6 is 11.3 Å². The van der Waals surface area contributed by atoms with E-state index in [1.807, 2.05) is 24.5 Å². The molecule has 0 spiro atoms. The van der Waals surface area contributed by atoms with Crippen molar-refractivity contribution in [3.63, 3.8) is 0 Å². The highest BCUT2D eigenvalue weighted by molar-refractivity contribution is 7.17. The van der Waals surface area contributed by atoms with Crippen LogP contribution in [0, 0.1) is 0 Å². The van der Waals surface area contributed by atoms with Gasteiger partial charge >= 0.3 is 0 Å². The summed E-state index contributed by atoms with van der Waals surface area (Å²) in [6, 6.07) is 54.2. The average molecular weight is 658 g/mol. The SMILES string of the molecule is c1ccc(-n2c3ccccc3c3ccc(-n4c5ccccc5c5ccc(-c6ncc(-n7c8ccccc8c8ccccc87)s6)cc54)cc32)nc1. The molecule has 0 atom stereocenters. The van der Waals surface area contributed by atoms with Crippen LogP contribution < -0.4 is 0 Å². The first-order valence-electron chi connectivity index (χ1n) is 16.7. The number of rotatable bonds is 4. The molecule has 0 saturated carbocycles. The van der Waals surface area contributed by atoms with Crippen molar-refractivity contribution in [1.29, 1.82) is 0 Å². The smallest absolute Gasteiger partial charge is 0.137 e. The van der Waals surface area contributed by atoms with E-state index >= 15 is 0 Å². The molecule has 0 aliphatic rings. The van der Waals surface area contributed by atoms with E-state index in [1.165, 1.54) is 48.9 Å². The topological polar surface area (TPSA) is 40.6 Å². The highest BCUT2D eigenvalue weighted by Gasteiger charge is 2.19. The molecule has 0 fully saturated rings. The molecular formula is C44H27N5S. The lowest BCUT2D eigenvalue weighted by atomic mass is 10.1. The fourth-order valence-corrected chi connectivity index (χ4v) is 8.82. The summed E-state index contributed by atoms with van der Waals surface area (Å²) in [7, 11) is 0. The quantitative estimate of drug-likeness (QED) is 0.189. The van der Waals surface area contributed by atoms with Crippen molar-refractivity contribution in [1.82, 2.24) is 23.7 Å². The molecule has 0 bridgehead atoms. The summed E-state index contributed by atoms with van der Waals surface area (Å²) in [5.41, 5.74) is 9.18. The van der Waals surface area contributed by atoms with Crippen LogP contribution in [0.4, 0.5) is 0 Å². The van der Waals surface area contributed by atoms with E-state index in [-0.39, 0.29) is 0 Å². The molecular weight excluding hydrogens is 631 g/mol. The molecule has 6 aromatic carbocycles. The normalized spacial score (nSPS) is 12.0. The van der Waals surface area contributed by atoms with E-state index in [9.17, 15) is 0 Å². The highest BCUT2D eigenvalue weighted by Crippen LogP contribution is 2.40. The van der Waals surface area contributed by atoms with E-state index in [2.05, 4.69) is 153 Å². The summed E-state index contributed by atoms with van der Waals surface area (Å²) in [5, 5.41) is 9.46. The van der Waals surface area contributed by atoms with E-state index in [1.54, 1.807) is 11.3 Å². The lowest BCUT2D eigenvalue weighted by Crippen LogP contribution is -1.98. The van der Waals surface area contributed by atoms with E-state index < -0.39 is 0 Å². The molecule has 0 N–H and O–H groups in total. The van der Waals surface area contributed by atoms with Crippen molar-refractivity contribution < 1.29 is 0 Å². The summed E-state index contributed by atoms with van der Waals surface area (Å²) in [6.45, 7) is 0. The largest absolute Gasteiger partial charge is 0.309 e. The molecule has 0 aliphatic carbocycles. The minimum atomic E-state index is 0.906. The lowest BCUT2D eigenvalue weighted by Gasteiger charge is -2.11.